The van der Waals surface area contributed by atoms with E-state index in [4.69, 9.17) is 4.42 Å². The van der Waals surface area contributed by atoms with Crippen molar-refractivity contribution in [2.75, 3.05) is 13.7 Å². The van der Waals surface area contributed by atoms with E-state index in [-0.39, 0.29) is 12.5 Å². The number of esters is 1. The molecule has 0 radical (unpaired) electrons. The van der Waals surface area contributed by atoms with Gasteiger partial charge in [-0.15, -0.1) is 0 Å². The molecular weight excluding hydrogens is 210 g/mol. The zero-order chi connectivity index (χ0) is 12.0. The van der Waals surface area contributed by atoms with Crippen molar-refractivity contribution in [1.29, 1.82) is 0 Å². The molecule has 0 aliphatic heterocycles. The maximum absolute atomic E-state index is 11.1. The lowest BCUT2D eigenvalue weighted by Crippen LogP contribution is -2.24. The fraction of sp³-hybridized carbons (Fsp3) is 0.273. The molecule has 16 heavy (non-hydrogen) atoms. The Hall–Kier alpha value is -2.04. The Morgan fingerprint density at radius 3 is 2.81 bits per heavy atom. The molecule has 0 aliphatic rings. The monoisotopic (exact) mass is 223 g/mol. The molecule has 0 saturated carbocycles. The first-order valence-corrected chi connectivity index (χ1v) is 4.73. The smallest absolute Gasteiger partial charge is 0.331 e. The summed E-state index contributed by atoms with van der Waals surface area (Å²) in [6, 6.07) is 3.52. The Labute approximate surface area is 93.1 Å². The van der Waals surface area contributed by atoms with Crippen LogP contribution in [0, 0.1) is 6.92 Å². The largest absolute Gasteiger partial charge is 0.462 e. The van der Waals surface area contributed by atoms with E-state index in [1.54, 1.807) is 19.1 Å². The van der Waals surface area contributed by atoms with E-state index in [2.05, 4.69) is 10.1 Å². The van der Waals surface area contributed by atoms with E-state index in [9.17, 15) is 9.59 Å². The van der Waals surface area contributed by atoms with Crippen LogP contribution in [0.25, 0.3) is 6.08 Å². The summed E-state index contributed by atoms with van der Waals surface area (Å²) >= 11 is 0. The third-order valence-electron chi connectivity index (χ3n) is 1.77. The molecule has 1 aromatic rings. The summed E-state index contributed by atoms with van der Waals surface area (Å²) in [6.07, 6.45) is 2.69. The maximum Gasteiger partial charge on any atom is 0.331 e. The molecule has 0 unspecified atom stereocenters. The van der Waals surface area contributed by atoms with Crippen molar-refractivity contribution in [3.05, 3.63) is 29.7 Å². The van der Waals surface area contributed by atoms with Gasteiger partial charge in [0, 0.05) is 13.1 Å². The molecule has 1 N–H and O–H groups in total. The molecule has 1 rings (SSSR count). The van der Waals surface area contributed by atoms with Crippen LogP contribution >= 0.6 is 0 Å². The van der Waals surface area contributed by atoms with Crippen LogP contribution in [-0.4, -0.2) is 25.5 Å². The number of rotatable bonds is 4. The molecule has 0 aliphatic carbocycles. The highest BCUT2D eigenvalue weighted by Crippen LogP contribution is 2.07. The minimum Gasteiger partial charge on any atom is -0.462 e. The molecule has 86 valence electrons. The minimum absolute atomic E-state index is 0.281. The SMILES string of the molecule is CNC(=O)COC(=O)C=Cc1ccc(C)o1. The van der Waals surface area contributed by atoms with Crippen LogP contribution in [0.15, 0.2) is 22.6 Å². The van der Waals surface area contributed by atoms with E-state index in [0.29, 0.717) is 5.76 Å². The molecule has 0 spiro atoms. The van der Waals surface area contributed by atoms with Gasteiger partial charge in [0.05, 0.1) is 0 Å². The Kier molecular flexibility index (Phi) is 4.32. The summed E-state index contributed by atoms with van der Waals surface area (Å²) < 4.78 is 9.85. The van der Waals surface area contributed by atoms with Crippen molar-refractivity contribution in [2.24, 2.45) is 0 Å². The number of amides is 1. The van der Waals surface area contributed by atoms with Crippen LogP contribution in [0.4, 0.5) is 0 Å². The number of nitrogens with one attached hydrogen (secondary N) is 1. The van der Waals surface area contributed by atoms with Crippen molar-refractivity contribution in [3.63, 3.8) is 0 Å². The summed E-state index contributed by atoms with van der Waals surface area (Å²) in [4.78, 5) is 21.9. The van der Waals surface area contributed by atoms with Gasteiger partial charge < -0.3 is 14.5 Å². The molecular formula is C11H13NO4. The van der Waals surface area contributed by atoms with Crippen molar-refractivity contribution in [3.8, 4) is 0 Å². The molecule has 0 aromatic carbocycles. The average molecular weight is 223 g/mol. The van der Waals surface area contributed by atoms with Gasteiger partial charge in [-0.05, 0) is 25.1 Å². The van der Waals surface area contributed by atoms with Crippen molar-refractivity contribution in [1.82, 2.24) is 5.32 Å². The summed E-state index contributed by atoms with van der Waals surface area (Å²) in [5, 5.41) is 2.34. The molecule has 5 nitrogen and oxygen atoms in total. The second-order valence-corrected chi connectivity index (χ2v) is 3.06. The molecule has 1 aromatic heterocycles. The van der Waals surface area contributed by atoms with Gasteiger partial charge in [0.1, 0.15) is 11.5 Å². The highest BCUT2D eigenvalue weighted by Gasteiger charge is 2.02. The Morgan fingerprint density at radius 2 is 2.25 bits per heavy atom. The van der Waals surface area contributed by atoms with Crippen LogP contribution in [0.3, 0.4) is 0 Å². The Morgan fingerprint density at radius 1 is 1.50 bits per heavy atom. The van der Waals surface area contributed by atoms with Gasteiger partial charge in [-0.2, -0.15) is 0 Å². The fourth-order valence-corrected chi connectivity index (χ4v) is 0.950. The predicted octanol–water partition coefficient (Wildman–Crippen LogP) is 0.890. The summed E-state index contributed by atoms with van der Waals surface area (Å²) in [6.45, 7) is 1.53. The number of carbonyl (C=O) groups is 2. The van der Waals surface area contributed by atoms with E-state index < -0.39 is 5.97 Å². The van der Waals surface area contributed by atoms with Crippen molar-refractivity contribution < 1.29 is 18.7 Å². The predicted molar refractivity (Wildman–Crippen MR) is 57.5 cm³/mol. The molecule has 0 atom stereocenters. The normalized spacial score (nSPS) is 10.4. The molecule has 1 amide bonds. The Bertz CT molecular complexity index is 406. The van der Waals surface area contributed by atoms with Gasteiger partial charge in [0.25, 0.3) is 5.91 Å². The van der Waals surface area contributed by atoms with Crippen LogP contribution in [0.2, 0.25) is 0 Å². The Balaban J connectivity index is 2.39. The van der Waals surface area contributed by atoms with E-state index >= 15 is 0 Å². The molecule has 5 heteroatoms. The quantitative estimate of drug-likeness (QED) is 0.608. The van der Waals surface area contributed by atoms with Gasteiger partial charge in [0.15, 0.2) is 6.61 Å². The highest BCUT2D eigenvalue weighted by atomic mass is 16.5. The number of hydrogen-bond acceptors (Lipinski definition) is 4. The highest BCUT2D eigenvalue weighted by molar-refractivity contribution is 5.88. The lowest BCUT2D eigenvalue weighted by atomic mass is 10.4. The number of furan rings is 1. The molecule has 1 heterocycles. The second-order valence-electron chi connectivity index (χ2n) is 3.06. The summed E-state index contributed by atoms with van der Waals surface area (Å²) in [5.74, 6) is 0.390. The lowest BCUT2D eigenvalue weighted by molar-refractivity contribution is -0.143. The minimum atomic E-state index is -0.586. The number of aryl methyl sites for hydroxylation is 1. The first kappa shape index (κ1) is 12.0. The number of hydrogen-bond donors (Lipinski definition) is 1. The van der Waals surface area contributed by atoms with Gasteiger partial charge in [-0.3, -0.25) is 4.79 Å². The topological polar surface area (TPSA) is 68.5 Å². The second kappa shape index (κ2) is 5.75. The first-order valence-electron chi connectivity index (χ1n) is 4.73. The first-order chi connectivity index (χ1) is 7.61. The van der Waals surface area contributed by atoms with Crippen LogP contribution in [0.1, 0.15) is 11.5 Å². The van der Waals surface area contributed by atoms with Crippen molar-refractivity contribution >= 4 is 18.0 Å². The van der Waals surface area contributed by atoms with Gasteiger partial charge in [-0.1, -0.05) is 0 Å². The van der Waals surface area contributed by atoms with Crippen molar-refractivity contribution in [2.45, 2.75) is 6.92 Å². The van der Waals surface area contributed by atoms with E-state index in [1.807, 2.05) is 0 Å². The molecule has 0 fully saturated rings. The summed E-state index contributed by atoms with van der Waals surface area (Å²) in [7, 11) is 1.47. The zero-order valence-corrected chi connectivity index (χ0v) is 9.15. The fourth-order valence-electron chi connectivity index (χ4n) is 0.950. The van der Waals surface area contributed by atoms with Gasteiger partial charge in [0.2, 0.25) is 0 Å². The maximum atomic E-state index is 11.1. The van der Waals surface area contributed by atoms with E-state index in [0.717, 1.165) is 5.76 Å². The van der Waals surface area contributed by atoms with Crippen LogP contribution in [0.5, 0.6) is 0 Å². The van der Waals surface area contributed by atoms with Crippen LogP contribution < -0.4 is 5.32 Å². The van der Waals surface area contributed by atoms with Gasteiger partial charge >= 0.3 is 5.97 Å². The number of carbonyl (C=O) groups excluding carboxylic acids is 2. The van der Waals surface area contributed by atoms with E-state index in [1.165, 1.54) is 19.2 Å². The zero-order valence-electron chi connectivity index (χ0n) is 9.15. The van der Waals surface area contributed by atoms with Crippen LogP contribution in [-0.2, 0) is 14.3 Å². The standard InChI is InChI=1S/C11H13NO4/c1-8-3-4-9(16-8)5-6-11(14)15-7-10(13)12-2/h3-6H,7H2,1-2H3,(H,12,13). The van der Waals surface area contributed by atoms with Gasteiger partial charge in [-0.25, -0.2) is 4.79 Å². The summed E-state index contributed by atoms with van der Waals surface area (Å²) in [5.41, 5.74) is 0. The molecule has 0 saturated heterocycles. The number of ether oxygens (including phenoxy) is 1. The lowest BCUT2D eigenvalue weighted by Gasteiger charge is -1.99. The molecule has 0 bridgehead atoms. The number of likely N-dealkylation sites (N-methyl/N-ethyl adjacent to an activating group) is 1. The average Bonchev–Trinajstić information content (AvgIpc) is 2.69. The third kappa shape index (κ3) is 4.00. The third-order valence-corrected chi connectivity index (χ3v) is 1.77.